The van der Waals surface area contributed by atoms with E-state index in [1.54, 1.807) is 6.92 Å². The van der Waals surface area contributed by atoms with E-state index in [4.69, 9.17) is 4.74 Å². The van der Waals surface area contributed by atoms with Crippen LogP contribution >= 0.6 is 15.9 Å². The molecule has 0 saturated heterocycles. The minimum Gasteiger partial charge on any atom is -0.361 e. The van der Waals surface area contributed by atoms with Gasteiger partial charge in [-0.25, -0.2) is 4.98 Å². The van der Waals surface area contributed by atoms with Crippen molar-refractivity contribution >= 4 is 15.9 Å². The van der Waals surface area contributed by atoms with Crippen LogP contribution in [0.25, 0.3) is 0 Å². The predicted molar refractivity (Wildman–Crippen MR) is 52.6 cm³/mol. The molecule has 0 atom stereocenters. The third-order valence-corrected chi connectivity index (χ3v) is 2.17. The average Bonchev–Trinajstić information content (AvgIpc) is 2.12. The Bertz CT molecular complexity index is 348. The molecular formula is C8H11BrN2O2. The van der Waals surface area contributed by atoms with Crippen LogP contribution in [-0.4, -0.2) is 16.2 Å². The summed E-state index contributed by atoms with van der Waals surface area (Å²) in [6, 6.07) is 0. The summed E-state index contributed by atoms with van der Waals surface area (Å²) in [7, 11) is 0. The highest BCUT2D eigenvalue weighted by Gasteiger charge is 2.03. The molecule has 72 valence electrons. The third-order valence-electron chi connectivity index (χ3n) is 1.63. The van der Waals surface area contributed by atoms with Crippen molar-refractivity contribution in [2.24, 2.45) is 0 Å². The number of aryl methyl sites for hydroxylation is 1. The summed E-state index contributed by atoms with van der Waals surface area (Å²) >= 11 is 3.12. The highest BCUT2D eigenvalue weighted by Crippen LogP contribution is 2.01. The molecular weight excluding hydrogens is 236 g/mol. The molecule has 1 aromatic rings. The third kappa shape index (κ3) is 2.38. The molecule has 0 spiro atoms. The van der Waals surface area contributed by atoms with Crippen molar-refractivity contribution in [2.45, 2.75) is 20.6 Å². The molecule has 0 bridgehead atoms. The Morgan fingerprint density at radius 2 is 2.38 bits per heavy atom. The highest BCUT2D eigenvalue weighted by atomic mass is 79.9. The number of nitrogens with zero attached hydrogens (tertiary/aromatic N) is 2. The number of halogens is 1. The molecule has 0 N–H and O–H groups in total. The standard InChI is InChI=1S/C8H11BrN2O2/c1-3-13-5-11-6(2)10-4-7(9)8(11)12/h4H,3,5H2,1-2H3. The zero-order valence-corrected chi connectivity index (χ0v) is 9.17. The van der Waals surface area contributed by atoms with Crippen LogP contribution in [0.4, 0.5) is 0 Å². The summed E-state index contributed by atoms with van der Waals surface area (Å²) in [6.45, 7) is 4.49. The molecule has 0 unspecified atom stereocenters. The molecule has 0 amide bonds. The molecule has 0 aliphatic carbocycles. The Kier molecular flexibility index (Phi) is 3.62. The van der Waals surface area contributed by atoms with E-state index in [9.17, 15) is 4.79 Å². The lowest BCUT2D eigenvalue weighted by Crippen LogP contribution is -2.25. The van der Waals surface area contributed by atoms with Crippen molar-refractivity contribution in [3.05, 3.63) is 26.8 Å². The second-order valence-electron chi connectivity index (χ2n) is 2.51. The summed E-state index contributed by atoms with van der Waals surface area (Å²) < 4.78 is 7.07. The lowest BCUT2D eigenvalue weighted by Gasteiger charge is -2.08. The molecule has 5 heteroatoms. The Morgan fingerprint density at radius 1 is 1.69 bits per heavy atom. The van der Waals surface area contributed by atoms with Gasteiger partial charge in [-0.05, 0) is 29.8 Å². The summed E-state index contributed by atoms with van der Waals surface area (Å²) in [4.78, 5) is 15.5. The van der Waals surface area contributed by atoms with E-state index in [1.165, 1.54) is 10.8 Å². The summed E-state index contributed by atoms with van der Waals surface area (Å²) in [5.74, 6) is 0.654. The molecule has 4 nitrogen and oxygen atoms in total. The van der Waals surface area contributed by atoms with Gasteiger partial charge in [0.05, 0.1) is 0 Å². The fourth-order valence-corrected chi connectivity index (χ4v) is 1.20. The van der Waals surface area contributed by atoms with E-state index in [-0.39, 0.29) is 12.3 Å². The minimum absolute atomic E-state index is 0.110. The fourth-order valence-electron chi connectivity index (χ4n) is 0.886. The van der Waals surface area contributed by atoms with Crippen LogP contribution in [0.15, 0.2) is 15.5 Å². The van der Waals surface area contributed by atoms with Gasteiger partial charge in [0.1, 0.15) is 17.0 Å². The molecule has 1 aromatic heterocycles. The van der Waals surface area contributed by atoms with Gasteiger partial charge in [0.25, 0.3) is 5.56 Å². The second kappa shape index (κ2) is 4.53. The monoisotopic (exact) mass is 246 g/mol. The minimum atomic E-state index is -0.110. The van der Waals surface area contributed by atoms with Gasteiger partial charge in [-0.2, -0.15) is 0 Å². The van der Waals surface area contributed by atoms with Crippen molar-refractivity contribution < 1.29 is 4.74 Å². The lowest BCUT2D eigenvalue weighted by atomic mass is 10.5. The average molecular weight is 247 g/mol. The first-order valence-corrected chi connectivity index (χ1v) is 4.75. The van der Waals surface area contributed by atoms with E-state index in [1.807, 2.05) is 6.92 Å². The van der Waals surface area contributed by atoms with Crippen LogP contribution in [0.1, 0.15) is 12.7 Å². The van der Waals surface area contributed by atoms with Gasteiger partial charge in [-0.3, -0.25) is 9.36 Å². The first-order valence-electron chi connectivity index (χ1n) is 3.96. The normalized spacial score (nSPS) is 10.4. The first-order chi connectivity index (χ1) is 6.16. The quantitative estimate of drug-likeness (QED) is 0.808. The maximum Gasteiger partial charge on any atom is 0.269 e. The maximum atomic E-state index is 11.5. The number of ether oxygens (including phenoxy) is 1. The number of hydrogen-bond donors (Lipinski definition) is 0. The highest BCUT2D eigenvalue weighted by molar-refractivity contribution is 9.10. The maximum absolute atomic E-state index is 11.5. The van der Waals surface area contributed by atoms with E-state index >= 15 is 0 Å². The van der Waals surface area contributed by atoms with Gasteiger partial charge in [-0.1, -0.05) is 0 Å². The first kappa shape index (κ1) is 10.4. The van der Waals surface area contributed by atoms with E-state index in [0.29, 0.717) is 16.9 Å². The van der Waals surface area contributed by atoms with Gasteiger partial charge in [0.2, 0.25) is 0 Å². The van der Waals surface area contributed by atoms with E-state index < -0.39 is 0 Å². The van der Waals surface area contributed by atoms with Gasteiger partial charge >= 0.3 is 0 Å². The number of hydrogen-bond acceptors (Lipinski definition) is 3. The van der Waals surface area contributed by atoms with Crippen molar-refractivity contribution in [1.82, 2.24) is 9.55 Å². The van der Waals surface area contributed by atoms with Gasteiger partial charge < -0.3 is 4.74 Å². The molecule has 0 aliphatic rings. The van der Waals surface area contributed by atoms with Crippen LogP contribution in [-0.2, 0) is 11.5 Å². The Labute approximate surface area is 84.7 Å². The van der Waals surface area contributed by atoms with E-state index in [2.05, 4.69) is 20.9 Å². The largest absolute Gasteiger partial charge is 0.361 e. The van der Waals surface area contributed by atoms with Crippen molar-refractivity contribution in [3.8, 4) is 0 Å². The van der Waals surface area contributed by atoms with E-state index in [0.717, 1.165) is 0 Å². The zero-order chi connectivity index (χ0) is 9.84. The smallest absolute Gasteiger partial charge is 0.269 e. The zero-order valence-electron chi connectivity index (χ0n) is 7.58. The topological polar surface area (TPSA) is 44.1 Å². The fraction of sp³-hybridized carbons (Fsp3) is 0.500. The Hall–Kier alpha value is -0.680. The molecule has 0 aliphatic heterocycles. The predicted octanol–water partition coefficient (Wildman–Crippen LogP) is 1.31. The molecule has 0 saturated carbocycles. The molecule has 0 aromatic carbocycles. The molecule has 13 heavy (non-hydrogen) atoms. The lowest BCUT2D eigenvalue weighted by molar-refractivity contribution is 0.0828. The van der Waals surface area contributed by atoms with Crippen LogP contribution in [0.5, 0.6) is 0 Å². The van der Waals surface area contributed by atoms with Gasteiger partial charge in [-0.15, -0.1) is 0 Å². The Morgan fingerprint density at radius 3 is 3.00 bits per heavy atom. The Balaban J connectivity index is 3.03. The summed E-state index contributed by atoms with van der Waals surface area (Å²) in [5, 5.41) is 0. The SMILES string of the molecule is CCOCn1c(C)ncc(Br)c1=O. The molecule has 1 heterocycles. The molecule has 1 rings (SSSR count). The van der Waals surface area contributed by atoms with Crippen molar-refractivity contribution in [3.63, 3.8) is 0 Å². The van der Waals surface area contributed by atoms with Crippen LogP contribution < -0.4 is 5.56 Å². The van der Waals surface area contributed by atoms with Crippen molar-refractivity contribution in [1.29, 1.82) is 0 Å². The number of rotatable bonds is 3. The number of aromatic nitrogens is 2. The van der Waals surface area contributed by atoms with Gasteiger partial charge in [0.15, 0.2) is 0 Å². The second-order valence-corrected chi connectivity index (χ2v) is 3.36. The van der Waals surface area contributed by atoms with Crippen LogP contribution in [0.2, 0.25) is 0 Å². The molecule has 0 radical (unpaired) electrons. The van der Waals surface area contributed by atoms with Crippen LogP contribution in [0, 0.1) is 6.92 Å². The summed E-state index contributed by atoms with van der Waals surface area (Å²) in [5.41, 5.74) is -0.110. The van der Waals surface area contributed by atoms with Crippen LogP contribution in [0.3, 0.4) is 0 Å². The summed E-state index contributed by atoms with van der Waals surface area (Å²) in [6.07, 6.45) is 1.50. The van der Waals surface area contributed by atoms with Gasteiger partial charge in [0, 0.05) is 12.8 Å². The van der Waals surface area contributed by atoms with Crippen molar-refractivity contribution in [2.75, 3.05) is 6.61 Å². The molecule has 0 fully saturated rings.